The molecule has 0 amide bonds. The van der Waals surface area contributed by atoms with E-state index in [-0.39, 0.29) is 12.2 Å². The van der Waals surface area contributed by atoms with E-state index < -0.39 is 0 Å². The van der Waals surface area contributed by atoms with Gasteiger partial charge < -0.3 is 9.47 Å². The molecule has 1 aliphatic heterocycles. The zero-order chi connectivity index (χ0) is 15.7. The Kier molecular flexibility index (Phi) is 4.32. The highest BCUT2D eigenvalue weighted by molar-refractivity contribution is 5.46. The predicted octanol–water partition coefficient (Wildman–Crippen LogP) is 4.43. The van der Waals surface area contributed by atoms with Gasteiger partial charge in [0, 0.05) is 0 Å². The molecule has 1 atom stereocenters. The van der Waals surface area contributed by atoms with Crippen molar-refractivity contribution in [1.82, 2.24) is 0 Å². The maximum Gasteiger partial charge on any atom is 0.109 e. The second-order valence-electron chi connectivity index (χ2n) is 6.28. The first-order valence-corrected chi connectivity index (χ1v) is 7.93. The second-order valence-corrected chi connectivity index (χ2v) is 6.28. The molecule has 0 radical (unpaired) electrons. The zero-order valence-electron chi connectivity index (χ0n) is 13.8. The van der Waals surface area contributed by atoms with Crippen LogP contribution in [0.1, 0.15) is 39.5 Å². The van der Waals surface area contributed by atoms with Crippen LogP contribution >= 0.6 is 0 Å². The van der Waals surface area contributed by atoms with Crippen LogP contribution in [0, 0.1) is 27.7 Å². The minimum absolute atomic E-state index is 0.0217. The van der Waals surface area contributed by atoms with E-state index in [4.69, 9.17) is 9.47 Å². The van der Waals surface area contributed by atoms with E-state index in [1.165, 1.54) is 33.4 Å². The van der Waals surface area contributed by atoms with E-state index in [0.717, 1.165) is 6.61 Å². The first-order valence-electron chi connectivity index (χ1n) is 7.93. The minimum atomic E-state index is -0.0217. The van der Waals surface area contributed by atoms with Gasteiger partial charge in [-0.2, -0.15) is 0 Å². The van der Waals surface area contributed by atoms with Crippen LogP contribution in [0.15, 0.2) is 36.4 Å². The number of hydrogen-bond donors (Lipinski definition) is 0. The molecule has 3 rings (SSSR count). The molecule has 2 nitrogen and oxygen atoms in total. The quantitative estimate of drug-likeness (QED) is 0.762. The molecule has 0 aliphatic carbocycles. The van der Waals surface area contributed by atoms with E-state index in [1.54, 1.807) is 0 Å². The zero-order valence-corrected chi connectivity index (χ0v) is 13.8. The minimum Gasteiger partial charge on any atom is -0.371 e. The summed E-state index contributed by atoms with van der Waals surface area (Å²) in [5.41, 5.74) is 7.71. The third kappa shape index (κ3) is 3.08. The highest BCUT2D eigenvalue weighted by Gasteiger charge is 2.28. The van der Waals surface area contributed by atoms with E-state index in [9.17, 15) is 0 Å². The molecule has 0 aromatic heterocycles. The van der Waals surface area contributed by atoms with Crippen molar-refractivity contribution in [3.05, 3.63) is 69.8 Å². The Morgan fingerprint density at radius 2 is 1.32 bits per heavy atom. The molecule has 116 valence electrons. The third-order valence-corrected chi connectivity index (χ3v) is 4.46. The fourth-order valence-corrected chi connectivity index (χ4v) is 3.16. The fourth-order valence-electron chi connectivity index (χ4n) is 3.16. The van der Waals surface area contributed by atoms with E-state index >= 15 is 0 Å². The van der Waals surface area contributed by atoms with Crippen LogP contribution in [0.3, 0.4) is 0 Å². The van der Waals surface area contributed by atoms with Crippen molar-refractivity contribution in [2.75, 3.05) is 13.2 Å². The maximum absolute atomic E-state index is 6.34. The van der Waals surface area contributed by atoms with Gasteiger partial charge in [-0.1, -0.05) is 36.4 Å². The van der Waals surface area contributed by atoms with E-state index in [0.29, 0.717) is 6.61 Å². The van der Waals surface area contributed by atoms with E-state index in [1.807, 2.05) is 0 Å². The van der Waals surface area contributed by atoms with Crippen molar-refractivity contribution in [3.8, 4) is 0 Å². The SMILES string of the molecule is Cc1cccc(C)c1C(OC[C@H]1CO1)c1c(C)cccc1C. The second kappa shape index (κ2) is 6.23. The molecule has 2 aromatic carbocycles. The van der Waals surface area contributed by atoms with Crippen LogP contribution in [0.2, 0.25) is 0 Å². The molecule has 2 heteroatoms. The molecule has 1 aliphatic rings. The Bertz CT molecular complexity index is 579. The van der Waals surface area contributed by atoms with Gasteiger partial charge in [-0.15, -0.1) is 0 Å². The Morgan fingerprint density at radius 1 is 0.909 bits per heavy atom. The average Bonchev–Trinajstić information content (AvgIpc) is 3.27. The highest BCUT2D eigenvalue weighted by atomic mass is 16.6. The highest BCUT2D eigenvalue weighted by Crippen LogP contribution is 2.35. The normalized spacial score (nSPS) is 17.0. The van der Waals surface area contributed by atoms with Crippen molar-refractivity contribution in [3.63, 3.8) is 0 Å². The topological polar surface area (TPSA) is 21.8 Å². The standard InChI is InChI=1S/C20H24O2/c1-13-7-5-8-14(2)18(13)20(22-12-17-11-21-17)19-15(3)9-6-10-16(19)4/h5-10,17,20H,11-12H2,1-4H3/t17-/m1/s1. The van der Waals surface area contributed by atoms with Crippen molar-refractivity contribution in [2.45, 2.75) is 39.9 Å². The summed E-state index contributed by atoms with van der Waals surface area (Å²) in [6.45, 7) is 10.2. The largest absolute Gasteiger partial charge is 0.371 e. The lowest BCUT2D eigenvalue weighted by molar-refractivity contribution is 0.0657. The van der Waals surface area contributed by atoms with Crippen molar-refractivity contribution < 1.29 is 9.47 Å². The molecule has 1 heterocycles. The van der Waals surface area contributed by atoms with Crippen LogP contribution in [0.4, 0.5) is 0 Å². The van der Waals surface area contributed by atoms with Gasteiger partial charge in [-0.3, -0.25) is 0 Å². The van der Waals surface area contributed by atoms with Gasteiger partial charge in [0.25, 0.3) is 0 Å². The van der Waals surface area contributed by atoms with Crippen LogP contribution in [0.5, 0.6) is 0 Å². The van der Waals surface area contributed by atoms with Crippen LogP contribution in [-0.2, 0) is 9.47 Å². The van der Waals surface area contributed by atoms with Crippen molar-refractivity contribution in [1.29, 1.82) is 0 Å². The smallest absolute Gasteiger partial charge is 0.109 e. The summed E-state index contributed by atoms with van der Waals surface area (Å²) >= 11 is 0. The summed E-state index contributed by atoms with van der Waals surface area (Å²) in [6.07, 6.45) is 0.253. The molecule has 0 saturated carbocycles. The third-order valence-electron chi connectivity index (χ3n) is 4.46. The van der Waals surface area contributed by atoms with Gasteiger partial charge in [-0.05, 0) is 61.1 Å². The Labute approximate surface area is 133 Å². The summed E-state index contributed by atoms with van der Waals surface area (Å²) in [4.78, 5) is 0. The van der Waals surface area contributed by atoms with E-state index in [2.05, 4.69) is 64.1 Å². The molecule has 0 spiro atoms. The number of epoxide rings is 1. The molecular formula is C20H24O2. The Hall–Kier alpha value is -1.64. The molecule has 1 fully saturated rings. The summed E-state index contributed by atoms with van der Waals surface area (Å²) in [6, 6.07) is 12.9. The lowest BCUT2D eigenvalue weighted by Crippen LogP contribution is -2.15. The summed E-state index contributed by atoms with van der Waals surface area (Å²) < 4.78 is 11.7. The predicted molar refractivity (Wildman–Crippen MR) is 89.4 cm³/mol. The lowest BCUT2D eigenvalue weighted by Gasteiger charge is -2.25. The van der Waals surface area contributed by atoms with Crippen LogP contribution in [0.25, 0.3) is 0 Å². The van der Waals surface area contributed by atoms with Gasteiger partial charge in [0.2, 0.25) is 0 Å². The lowest BCUT2D eigenvalue weighted by atomic mass is 9.88. The monoisotopic (exact) mass is 296 g/mol. The van der Waals surface area contributed by atoms with Gasteiger partial charge in [0.1, 0.15) is 12.2 Å². The Morgan fingerprint density at radius 3 is 1.68 bits per heavy atom. The number of hydrogen-bond acceptors (Lipinski definition) is 2. The number of rotatable bonds is 5. The maximum atomic E-state index is 6.34. The summed E-state index contributed by atoms with van der Waals surface area (Å²) in [5, 5.41) is 0. The van der Waals surface area contributed by atoms with Crippen LogP contribution in [-0.4, -0.2) is 19.3 Å². The Balaban J connectivity index is 2.06. The molecule has 2 aromatic rings. The van der Waals surface area contributed by atoms with Crippen molar-refractivity contribution in [2.24, 2.45) is 0 Å². The average molecular weight is 296 g/mol. The molecule has 1 saturated heterocycles. The molecular weight excluding hydrogens is 272 g/mol. The summed E-state index contributed by atoms with van der Waals surface area (Å²) in [5.74, 6) is 0. The first-order chi connectivity index (χ1) is 10.6. The molecule has 0 unspecified atom stereocenters. The van der Waals surface area contributed by atoms with Gasteiger partial charge in [-0.25, -0.2) is 0 Å². The van der Waals surface area contributed by atoms with Gasteiger partial charge in [0.15, 0.2) is 0 Å². The number of aryl methyl sites for hydroxylation is 4. The first kappa shape index (κ1) is 15.3. The summed E-state index contributed by atoms with van der Waals surface area (Å²) in [7, 11) is 0. The van der Waals surface area contributed by atoms with Crippen molar-refractivity contribution >= 4 is 0 Å². The molecule has 22 heavy (non-hydrogen) atoms. The molecule has 0 bridgehead atoms. The van der Waals surface area contributed by atoms with Crippen LogP contribution < -0.4 is 0 Å². The fraction of sp³-hybridized carbons (Fsp3) is 0.400. The number of benzene rings is 2. The number of ether oxygens (including phenoxy) is 2. The van der Waals surface area contributed by atoms with Gasteiger partial charge >= 0.3 is 0 Å². The van der Waals surface area contributed by atoms with Gasteiger partial charge in [0.05, 0.1) is 13.2 Å². The molecule has 0 N–H and O–H groups in total.